The molecule has 2 aromatic carbocycles. The summed E-state index contributed by atoms with van der Waals surface area (Å²) >= 11 is 12.9. The molecule has 0 radical (unpaired) electrons. The highest BCUT2D eigenvalue weighted by Gasteiger charge is 2.18. The molecule has 0 unspecified atom stereocenters. The summed E-state index contributed by atoms with van der Waals surface area (Å²) in [5.41, 5.74) is 1.57. The molecule has 6 nitrogen and oxygen atoms in total. The second-order valence-electron chi connectivity index (χ2n) is 6.06. The Morgan fingerprint density at radius 3 is 2.55 bits per heavy atom. The smallest absolute Gasteiger partial charge is 0.269 e. The Morgan fingerprint density at radius 1 is 1.17 bits per heavy atom. The van der Waals surface area contributed by atoms with Crippen molar-refractivity contribution in [2.75, 3.05) is 19.5 Å². The maximum atomic E-state index is 12.6. The van der Waals surface area contributed by atoms with Crippen LogP contribution in [-0.2, 0) is 11.2 Å². The maximum Gasteiger partial charge on any atom is 0.269 e. The van der Waals surface area contributed by atoms with Gasteiger partial charge in [-0.3, -0.25) is 14.9 Å². The lowest BCUT2D eigenvalue weighted by molar-refractivity contribution is -0.119. The molecule has 2 amide bonds. The van der Waals surface area contributed by atoms with Gasteiger partial charge in [0, 0.05) is 22.8 Å². The number of nitrogens with one attached hydrogen (secondary N) is 3. The number of amides is 2. The van der Waals surface area contributed by atoms with E-state index in [0.29, 0.717) is 27.8 Å². The summed E-state index contributed by atoms with van der Waals surface area (Å²) in [7, 11) is 3.18. The zero-order chi connectivity index (χ0) is 21.0. The zero-order valence-electron chi connectivity index (χ0n) is 15.7. The summed E-state index contributed by atoms with van der Waals surface area (Å²) in [6, 6.07) is 12.7. The topological polar surface area (TPSA) is 79.5 Å². The van der Waals surface area contributed by atoms with Crippen molar-refractivity contribution in [2.45, 2.75) is 6.42 Å². The van der Waals surface area contributed by atoms with Crippen molar-refractivity contribution >= 4 is 67.9 Å². The van der Waals surface area contributed by atoms with Gasteiger partial charge in [-0.25, -0.2) is 0 Å². The lowest BCUT2D eigenvalue weighted by atomic mass is 10.1. The number of rotatable bonds is 5. The zero-order valence-corrected chi connectivity index (χ0v) is 18.1. The third-order valence-corrected chi connectivity index (χ3v) is 5.99. The highest BCUT2D eigenvalue weighted by molar-refractivity contribution is 7.80. The van der Waals surface area contributed by atoms with E-state index in [1.54, 1.807) is 32.4 Å². The van der Waals surface area contributed by atoms with E-state index < -0.39 is 0 Å². The summed E-state index contributed by atoms with van der Waals surface area (Å²) in [5.74, 6) is 0.245. The van der Waals surface area contributed by atoms with E-state index in [9.17, 15) is 9.59 Å². The first-order valence-corrected chi connectivity index (χ1v) is 10.2. The molecule has 3 N–H and O–H groups in total. The number of hydrogen-bond acceptors (Lipinski definition) is 5. The van der Waals surface area contributed by atoms with Crippen molar-refractivity contribution in [2.24, 2.45) is 0 Å². The second kappa shape index (κ2) is 9.21. The fourth-order valence-corrected chi connectivity index (χ4v) is 4.27. The molecule has 0 fully saturated rings. The number of thiocarbonyl (C=S) groups is 1. The largest absolute Gasteiger partial charge is 0.497 e. The van der Waals surface area contributed by atoms with Gasteiger partial charge in [0.25, 0.3) is 5.91 Å². The fourth-order valence-electron chi connectivity index (χ4n) is 2.62. The van der Waals surface area contributed by atoms with Crippen LogP contribution in [0.15, 0.2) is 42.5 Å². The van der Waals surface area contributed by atoms with Crippen molar-refractivity contribution in [3.05, 3.63) is 57.9 Å². The number of anilines is 1. The summed E-state index contributed by atoms with van der Waals surface area (Å²) in [5, 5.41) is 9.49. The van der Waals surface area contributed by atoms with Gasteiger partial charge in [0.1, 0.15) is 10.6 Å². The first-order valence-electron chi connectivity index (χ1n) is 8.59. The van der Waals surface area contributed by atoms with Gasteiger partial charge in [0.2, 0.25) is 5.91 Å². The Labute approximate surface area is 182 Å². The van der Waals surface area contributed by atoms with Gasteiger partial charge < -0.3 is 15.4 Å². The molecule has 0 bridgehead atoms. The summed E-state index contributed by atoms with van der Waals surface area (Å²) < 4.78 is 6.06. The number of carbonyl (C=O) groups excluding carboxylic acids is 2. The lowest BCUT2D eigenvalue weighted by Gasteiger charge is -2.09. The van der Waals surface area contributed by atoms with Crippen molar-refractivity contribution < 1.29 is 14.3 Å². The standard InChI is InChI=1S/C20H18ClN3O3S2/c1-22-16(25)9-11-3-5-12(6-4-11)23-20(28)24-19(26)18-17(21)14-8-7-13(27-2)10-15(14)29-18/h3-8,10H,9H2,1-2H3,(H,22,25)(H2,23,24,26,28). The number of benzene rings is 2. The van der Waals surface area contributed by atoms with E-state index in [4.69, 9.17) is 28.6 Å². The monoisotopic (exact) mass is 447 g/mol. The van der Waals surface area contributed by atoms with Crippen molar-refractivity contribution in [1.29, 1.82) is 0 Å². The van der Waals surface area contributed by atoms with Gasteiger partial charge in [-0.05, 0) is 48.1 Å². The molecule has 0 saturated heterocycles. The van der Waals surface area contributed by atoms with E-state index in [0.717, 1.165) is 15.6 Å². The van der Waals surface area contributed by atoms with Crippen LogP contribution in [0.25, 0.3) is 10.1 Å². The van der Waals surface area contributed by atoms with Crippen LogP contribution < -0.4 is 20.7 Å². The van der Waals surface area contributed by atoms with E-state index in [1.165, 1.54) is 11.3 Å². The van der Waals surface area contributed by atoms with E-state index in [-0.39, 0.29) is 16.9 Å². The van der Waals surface area contributed by atoms with E-state index in [1.807, 2.05) is 24.3 Å². The molecule has 1 aromatic heterocycles. The molecule has 0 saturated carbocycles. The predicted molar refractivity (Wildman–Crippen MR) is 121 cm³/mol. The lowest BCUT2D eigenvalue weighted by Crippen LogP contribution is -2.33. The number of halogens is 1. The molecular formula is C20H18ClN3O3S2. The van der Waals surface area contributed by atoms with E-state index in [2.05, 4.69) is 16.0 Å². The predicted octanol–water partition coefficient (Wildman–Crippen LogP) is 3.98. The summed E-state index contributed by atoms with van der Waals surface area (Å²) in [6.07, 6.45) is 0.299. The van der Waals surface area contributed by atoms with Gasteiger partial charge in [-0.15, -0.1) is 11.3 Å². The van der Waals surface area contributed by atoms with Crippen LogP contribution >= 0.6 is 35.2 Å². The Morgan fingerprint density at radius 2 is 1.90 bits per heavy atom. The van der Waals surface area contributed by atoms with Crippen LogP contribution in [0.1, 0.15) is 15.2 Å². The highest BCUT2D eigenvalue weighted by atomic mass is 35.5. The van der Waals surface area contributed by atoms with Crippen molar-refractivity contribution in [1.82, 2.24) is 10.6 Å². The first kappa shape index (κ1) is 21.0. The number of hydrogen-bond donors (Lipinski definition) is 3. The Hall–Kier alpha value is -2.68. The Bertz CT molecular complexity index is 1080. The first-order chi connectivity index (χ1) is 13.9. The van der Waals surface area contributed by atoms with Crippen LogP contribution in [0.3, 0.4) is 0 Å². The maximum absolute atomic E-state index is 12.6. The second-order valence-corrected chi connectivity index (χ2v) is 7.90. The molecule has 0 atom stereocenters. The highest BCUT2D eigenvalue weighted by Crippen LogP contribution is 2.37. The molecule has 0 spiro atoms. The Balaban J connectivity index is 1.66. The third-order valence-electron chi connectivity index (χ3n) is 4.13. The number of thiophene rings is 1. The van der Waals surface area contributed by atoms with Crippen LogP contribution in [0.5, 0.6) is 5.75 Å². The average Bonchev–Trinajstić information content (AvgIpc) is 3.05. The summed E-state index contributed by atoms with van der Waals surface area (Å²) in [6.45, 7) is 0. The SMILES string of the molecule is CNC(=O)Cc1ccc(NC(=S)NC(=O)c2sc3cc(OC)ccc3c2Cl)cc1. The number of fused-ring (bicyclic) bond motifs is 1. The molecule has 3 aromatic rings. The molecule has 1 heterocycles. The minimum atomic E-state index is -0.385. The van der Waals surface area contributed by atoms with Gasteiger partial charge >= 0.3 is 0 Å². The minimum absolute atomic E-state index is 0.0636. The number of likely N-dealkylation sites (N-methyl/N-ethyl adjacent to an activating group) is 1. The van der Waals surface area contributed by atoms with Gasteiger partial charge in [-0.1, -0.05) is 23.7 Å². The normalized spacial score (nSPS) is 10.4. The van der Waals surface area contributed by atoms with Crippen LogP contribution in [0, 0.1) is 0 Å². The molecular weight excluding hydrogens is 430 g/mol. The minimum Gasteiger partial charge on any atom is -0.497 e. The third kappa shape index (κ3) is 5.03. The molecule has 29 heavy (non-hydrogen) atoms. The van der Waals surface area contributed by atoms with Crippen molar-refractivity contribution in [3.63, 3.8) is 0 Å². The summed E-state index contributed by atoms with van der Waals surface area (Å²) in [4.78, 5) is 24.4. The molecule has 3 rings (SSSR count). The number of methoxy groups -OCH3 is 1. The quantitative estimate of drug-likeness (QED) is 0.515. The van der Waals surface area contributed by atoms with Crippen LogP contribution in [0.2, 0.25) is 5.02 Å². The molecule has 0 aliphatic rings. The van der Waals surface area contributed by atoms with Crippen LogP contribution in [-0.4, -0.2) is 31.1 Å². The molecule has 0 aliphatic heterocycles. The molecule has 9 heteroatoms. The molecule has 0 aliphatic carbocycles. The Kier molecular flexibility index (Phi) is 6.68. The van der Waals surface area contributed by atoms with Gasteiger partial charge in [0.15, 0.2) is 5.11 Å². The average molecular weight is 448 g/mol. The van der Waals surface area contributed by atoms with Crippen LogP contribution in [0.4, 0.5) is 5.69 Å². The van der Waals surface area contributed by atoms with Crippen molar-refractivity contribution in [3.8, 4) is 5.75 Å². The number of ether oxygens (including phenoxy) is 1. The van der Waals surface area contributed by atoms with Gasteiger partial charge in [-0.2, -0.15) is 0 Å². The van der Waals surface area contributed by atoms with E-state index >= 15 is 0 Å². The number of carbonyl (C=O) groups is 2. The van der Waals surface area contributed by atoms with Gasteiger partial charge in [0.05, 0.1) is 18.6 Å². The fraction of sp³-hybridized carbons (Fsp3) is 0.150. The molecule has 150 valence electrons.